The molecule has 0 saturated heterocycles. The number of Topliss-reactive ketones (excluding diaryl/α,β-unsaturated/α-hetero) is 2. The number of aromatic nitrogens is 5. The summed E-state index contributed by atoms with van der Waals surface area (Å²) in [6.07, 6.45) is 0. The third kappa shape index (κ3) is 3.77. The average Bonchev–Trinajstić information content (AvgIpc) is 3.17. The lowest BCUT2D eigenvalue weighted by molar-refractivity contribution is 0.0988. The van der Waals surface area contributed by atoms with Crippen LogP contribution < -0.4 is 0 Å². The van der Waals surface area contributed by atoms with E-state index >= 15 is 0 Å². The quantitative estimate of drug-likeness (QED) is 0.502. The van der Waals surface area contributed by atoms with E-state index in [0.29, 0.717) is 27.7 Å². The molecular weight excluding hydrogens is 374 g/mol. The number of aryl methyl sites for hydroxylation is 3. The van der Waals surface area contributed by atoms with Crippen LogP contribution in [0.5, 0.6) is 0 Å². The molecule has 2 heterocycles. The number of thioether (sulfide) groups is 1. The first kappa shape index (κ1) is 20.0. The number of carbonyl (C=O) groups is 2. The van der Waals surface area contributed by atoms with E-state index in [-0.39, 0.29) is 11.6 Å². The predicted octanol–water partition coefficient (Wildman–Crippen LogP) is 3.79. The van der Waals surface area contributed by atoms with Crippen LogP contribution in [0.4, 0.5) is 0 Å². The zero-order valence-corrected chi connectivity index (χ0v) is 17.6. The van der Waals surface area contributed by atoms with Crippen LogP contribution in [0.3, 0.4) is 0 Å². The van der Waals surface area contributed by atoms with Gasteiger partial charge in [-0.3, -0.25) is 9.59 Å². The third-order valence-electron chi connectivity index (χ3n) is 4.58. The van der Waals surface area contributed by atoms with Crippen LogP contribution in [0.2, 0.25) is 0 Å². The fraction of sp³-hybridized carbons (Fsp3) is 0.350. The maximum Gasteiger partial charge on any atom is 0.214 e. The van der Waals surface area contributed by atoms with Gasteiger partial charge in [-0.2, -0.15) is 4.68 Å². The summed E-state index contributed by atoms with van der Waals surface area (Å²) < 4.78 is 1.64. The number of nitrogens with zero attached hydrogens (tertiary/aromatic N) is 4. The van der Waals surface area contributed by atoms with Crippen molar-refractivity contribution in [3.05, 3.63) is 51.8 Å². The van der Waals surface area contributed by atoms with Gasteiger partial charge in [-0.15, -0.1) is 5.10 Å². The summed E-state index contributed by atoms with van der Waals surface area (Å²) in [6.45, 7) is 11.0. The Kier molecular flexibility index (Phi) is 5.51. The number of hydrogen-bond acceptors (Lipinski definition) is 6. The van der Waals surface area contributed by atoms with E-state index in [4.69, 9.17) is 0 Å². The Morgan fingerprint density at radius 3 is 2.32 bits per heavy atom. The number of hydrogen-bond donors (Lipinski definition) is 1. The molecule has 1 atom stereocenters. The van der Waals surface area contributed by atoms with Crippen molar-refractivity contribution in [2.75, 3.05) is 0 Å². The van der Waals surface area contributed by atoms with Crippen molar-refractivity contribution >= 4 is 23.3 Å². The fourth-order valence-electron chi connectivity index (χ4n) is 3.43. The summed E-state index contributed by atoms with van der Waals surface area (Å²) in [6, 6.07) is 6.07. The largest absolute Gasteiger partial charge is 0.355 e. The fourth-order valence-corrected chi connectivity index (χ4v) is 4.29. The molecule has 3 aromatic rings. The average molecular weight is 398 g/mol. The normalized spacial score (nSPS) is 12.2. The molecule has 1 N–H and O–H groups in total. The summed E-state index contributed by atoms with van der Waals surface area (Å²) in [7, 11) is 0. The molecule has 0 aliphatic rings. The zero-order valence-electron chi connectivity index (χ0n) is 16.8. The van der Waals surface area contributed by atoms with Crippen molar-refractivity contribution in [2.45, 2.75) is 51.9 Å². The molecule has 0 radical (unpaired) electrons. The number of ketones is 2. The van der Waals surface area contributed by atoms with E-state index in [1.807, 2.05) is 32.9 Å². The number of nitrogens with one attached hydrogen (secondary N) is 1. The molecule has 1 aromatic carbocycles. The minimum Gasteiger partial charge on any atom is -0.355 e. The highest BCUT2D eigenvalue weighted by atomic mass is 32.2. The van der Waals surface area contributed by atoms with Crippen LogP contribution in [0.15, 0.2) is 23.4 Å². The van der Waals surface area contributed by atoms with Gasteiger partial charge in [-0.1, -0.05) is 17.8 Å². The van der Waals surface area contributed by atoms with Crippen molar-refractivity contribution in [1.82, 2.24) is 25.2 Å². The van der Waals surface area contributed by atoms with Crippen LogP contribution >= 0.6 is 11.8 Å². The molecule has 28 heavy (non-hydrogen) atoms. The van der Waals surface area contributed by atoms with Gasteiger partial charge in [0.05, 0.1) is 16.6 Å². The number of H-pyrrole nitrogens is 1. The van der Waals surface area contributed by atoms with E-state index in [1.54, 1.807) is 18.5 Å². The lowest BCUT2D eigenvalue weighted by Gasteiger charge is -2.11. The third-order valence-corrected chi connectivity index (χ3v) is 5.61. The molecule has 3 rings (SSSR count). The van der Waals surface area contributed by atoms with Gasteiger partial charge in [-0.05, 0) is 80.8 Å². The van der Waals surface area contributed by atoms with Crippen LogP contribution in [0, 0.1) is 27.7 Å². The maximum absolute atomic E-state index is 13.0. The zero-order chi connectivity index (χ0) is 20.6. The van der Waals surface area contributed by atoms with E-state index in [9.17, 15) is 9.59 Å². The summed E-state index contributed by atoms with van der Waals surface area (Å²) in [5.41, 5.74) is 5.53. The van der Waals surface area contributed by atoms with Crippen LogP contribution in [0.1, 0.15) is 57.1 Å². The van der Waals surface area contributed by atoms with Crippen LogP contribution in [-0.4, -0.2) is 42.0 Å². The number of aromatic amines is 1. The molecule has 0 bridgehead atoms. The molecule has 0 unspecified atom stereocenters. The predicted molar refractivity (Wildman–Crippen MR) is 109 cm³/mol. The van der Waals surface area contributed by atoms with E-state index in [1.165, 1.54) is 18.7 Å². The Hall–Kier alpha value is -2.74. The Morgan fingerprint density at radius 2 is 1.75 bits per heavy atom. The smallest absolute Gasteiger partial charge is 0.214 e. The van der Waals surface area contributed by atoms with Crippen LogP contribution in [-0.2, 0) is 0 Å². The monoisotopic (exact) mass is 397 g/mol. The summed E-state index contributed by atoms with van der Waals surface area (Å²) >= 11 is 1.29. The molecule has 2 aromatic heterocycles. The van der Waals surface area contributed by atoms with Crippen LogP contribution in [0.25, 0.3) is 5.69 Å². The number of tetrazole rings is 1. The lowest BCUT2D eigenvalue weighted by Crippen LogP contribution is -2.16. The first-order chi connectivity index (χ1) is 13.2. The highest BCUT2D eigenvalue weighted by Crippen LogP contribution is 2.28. The molecule has 0 spiro atoms. The number of benzene rings is 1. The highest BCUT2D eigenvalue weighted by Gasteiger charge is 2.26. The summed E-state index contributed by atoms with van der Waals surface area (Å²) in [4.78, 5) is 27.9. The van der Waals surface area contributed by atoms with E-state index < -0.39 is 5.25 Å². The first-order valence-electron chi connectivity index (χ1n) is 8.97. The second-order valence-electron chi connectivity index (χ2n) is 7.02. The van der Waals surface area contributed by atoms with Gasteiger partial charge in [0, 0.05) is 11.3 Å². The molecular formula is C20H23N5O2S. The molecule has 0 aliphatic carbocycles. The minimum absolute atomic E-state index is 0.0515. The first-order valence-corrected chi connectivity index (χ1v) is 9.85. The molecule has 0 aliphatic heterocycles. The van der Waals surface area contributed by atoms with E-state index in [2.05, 4.69) is 26.6 Å². The van der Waals surface area contributed by atoms with Crippen molar-refractivity contribution in [1.29, 1.82) is 0 Å². The maximum atomic E-state index is 13.0. The Labute approximate surface area is 167 Å². The second-order valence-corrected chi connectivity index (χ2v) is 8.33. The molecule has 0 saturated carbocycles. The van der Waals surface area contributed by atoms with Crippen molar-refractivity contribution in [3.8, 4) is 5.69 Å². The van der Waals surface area contributed by atoms with Gasteiger partial charge in [0.15, 0.2) is 11.6 Å². The Bertz CT molecular complexity index is 1050. The van der Waals surface area contributed by atoms with Crippen molar-refractivity contribution < 1.29 is 9.59 Å². The van der Waals surface area contributed by atoms with E-state index in [0.717, 1.165) is 16.8 Å². The topological polar surface area (TPSA) is 93.5 Å². The SMILES string of the molecule is CC(=O)c1c(C)[nH]c(C(=O)[C@@H](C)Sc2nnnn2-c2cc(C)cc(C)c2)c1C. The number of carbonyl (C=O) groups excluding carboxylic acids is 2. The molecule has 7 nitrogen and oxygen atoms in total. The Balaban J connectivity index is 1.88. The molecule has 146 valence electrons. The van der Waals surface area contributed by atoms with Gasteiger partial charge in [0.1, 0.15) is 0 Å². The number of rotatable bonds is 6. The standard InChI is InChI=1S/C20H23N5O2S/c1-10-7-11(2)9-16(8-10)25-20(22-23-24-25)28-15(6)19(27)18-12(3)17(14(5)26)13(4)21-18/h7-9,15,21H,1-6H3/t15-/m1/s1. The van der Waals surface area contributed by atoms with Gasteiger partial charge >= 0.3 is 0 Å². The molecule has 0 fully saturated rings. The highest BCUT2D eigenvalue weighted by molar-refractivity contribution is 8.00. The lowest BCUT2D eigenvalue weighted by atomic mass is 10.0. The summed E-state index contributed by atoms with van der Waals surface area (Å²) in [5, 5.41) is 12.1. The van der Waals surface area contributed by atoms with Crippen molar-refractivity contribution in [2.24, 2.45) is 0 Å². The van der Waals surface area contributed by atoms with Gasteiger partial charge < -0.3 is 4.98 Å². The minimum atomic E-state index is -0.424. The van der Waals surface area contributed by atoms with Gasteiger partial charge in [0.25, 0.3) is 0 Å². The van der Waals surface area contributed by atoms with Gasteiger partial charge in [0.2, 0.25) is 5.16 Å². The van der Waals surface area contributed by atoms with Crippen molar-refractivity contribution in [3.63, 3.8) is 0 Å². The Morgan fingerprint density at radius 1 is 1.11 bits per heavy atom. The molecule has 8 heteroatoms. The molecule has 0 amide bonds. The second kappa shape index (κ2) is 7.71. The van der Waals surface area contributed by atoms with Gasteiger partial charge in [-0.25, -0.2) is 0 Å². The summed E-state index contributed by atoms with van der Waals surface area (Å²) in [5.74, 6) is -0.141.